The number of hydrogen-bond donors (Lipinski definition) is 1. The lowest BCUT2D eigenvalue weighted by atomic mass is 9.79. The minimum atomic E-state index is -0.331. The molecule has 3 nitrogen and oxygen atoms in total. The van der Waals surface area contributed by atoms with E-state index in [1.54, 1.807) is 0 Å². The van der Waals surface area contributed by atoms with E-state index >= 15 is 0 Å². The Morgan fingerprint density at radius 1 is 1.39 bits per heavy atom. The van der Waals surface area contributed by atoms with E-state index in [0.717, 1.165) is 32.3 Å². The Morgan fingerprint density at radius 2 is 2.11 bits per heavy atom. The topological polar surface area (TPSA) is 38.7 Å². The second kappa shape index (κ2) is 6.60. The van der Waals surface area contributed by atoms with Gasteiger partial charge < -0.3 is 14.6 Å². The molecule has 2 aliphatic rings. The largest absolute Gasteiger partial charge is 0.390 e. The maximum absolute atomic E-state index is 10.3. The van der Waals surface area contributed by atoms with Crippen molar-refractivity contribution in [2.24, 2.45) is 5.92 Å². The van der Waals surface area contributed by atoms with Gasteiger partial charge in [0.1, 0.15) is 0 Å². The molecule has 2 rings (SSSR count). The summed E-state index contributed by atoms with van der Waals surface area (Å²) in [5.41, 5.74) is 0.0625. The lowest BCUT2D eigenvalue weighted by molar-refractivity contribution is -0.130. The molecular formula is C14H26O3S. The predicted octanol–water partition coefficient (Wildman–Crippen LogP) is 2.46. The molecule has 106 valence electrons. The van der Waals surface area contributed by atoms with Gasteiger partial charge in [-0.05, 0) is 57.0 Å². The normalized spacial score (nSPS) is 29.7. The smallest absolute Gasteiger partial charge is 0.0803 e. The zero-order valence-electron chi connectivity index (χ0n) is 11.6. The first-order chi connectivity index (χ1) is 8.61. The summed E-state index contributed by atoms with van der Waals surface area (Å²) in [6.45, 7) is 5.29. The number of thioether (sulfide) groups is 1. The van der Waals surface area contributed by atoms with Gasteiger partial charge in [-0.3, -0.25) is 0 Å². The monoisotopic (exact) mass is 274 g/mol. The van der Waals surface area contributed by atoms with E-state index in [0.29, 0.717) is 12.5 Å². The first-order valence-corrected chi connectivity index (χ1v) is 8.28. The summed E-state index contributed by atoms with van der Waals surface area (Å²) in [5.74, 6) is 2.75. The van der Waals surface area contributed by atoms with Crippen LogP contribution < -0.4 is 0 Å². The van der Waals surface area contributed by atoms with Crippen LogP contribution in [0.5, 0.6) is 0 Å². The number of aliphatic hydroxyl groups is 1. The van der Waals surface area contributed by atoms with Crippen molar-refractivity contribution in [1.82, 2.24) is 0 Å². The number of hydrogen-bond acceptors (Lipinski definition) is 4. The van der Waals surface area contributed by atoms with Crippen molar-refractivity contribution in [2.75, 3.05) is 24.7 Å². The van der Waals surface area contributed by atoms with Crippen LogP contribution in [0.2, 0.25) is 0 Å². The summed E-state index contributed by atoms with van der Waals surface area (Å²) in [7, 11) is 0. The van der Waals surface area contributed by atoms with Crippen LogP contribution in [0.15, 0.2) is 0 Å². The van der Waals surface area contributed by atoms with Gasteiger partial charge in [0.25, 0.3) is 0 Å². The third-order valence-corrected chi connectivity index (χ3v) is 5.07. The molecule has 2 unspecified atom stereocenters. The van der Waals surface area contributed by atoms with Crippen LogP contribution in [0.3, 0.4) is 0 Å². The highest BCUT2D eigenvalue weighted by atomic mass is 32.2. The van der Waals surface area contributed by atoms with E-state index in [4.69, 9.17) is 9.47 Å². The van der Waals surface area contributed by atoms with Crippen LogP contribution in [0.1, 0.15) is 39.5 Å². The molecule has 0 aromatic rings. The number of rotatable bonds is 4. The van der Waals surface area contributed by atoms with Crippen LogP contribution in [-0.2, 0) is 9.47 Å². The van der Waals surface area contributed by atoms with Crippen molar-refractivity contribution >= 4 is 11.8 Å². The highest BCUT2D eigenvalue weighted by Crippen LogP contribution is 2.40. The third-order valence-electron chi connectivity index (χ3n) is 4.08. The Labute approximate surface area is 115 Å². The van der Waals surface area contributed by atoms with Crippen molar-refractivity contribution < 1.29 is 14.6 Å². The van der Waals surface area contributed by atoms with Gasteiger partial charge in [-0.25, -0.2) is 0 Å². The molecule has 0 aliphatic carbocycles. The molecule has 0 amide bonds. The van der Waals surface area contributed by atoms with E-state index in [-0.39, 0.29) is 17.8 Å². The molecule has 4 heteroatoms. The average Bonchev–Trinajstić information content (AvgIpc) is 2.37. The van der Waals surface area contributed by atoms with Gasteiger partial charge in [0.15, 0.2) is 0 Å². The van der Waals surface area contributed by atoms with Crippen LogP contribution in [-0.4, -0.2) is 47.6 Å². The molecule has 2 aliphatic heterocycles. The molecule has 2 saturated heterocycles. The van der Waals surface area contributed by atoms with E-state index in [2.05, 4.69) is 0 Å². The quantitative estimate of drug-likeness (QED) is 0.855. The Balaban J connectivity index is 1.85. The van der Waals surface area contributed by atoms with Crippen molar-refractivity contribution in [3.05, 3.63) is 0 Å². The second-order valence-electron chi connectivity index (χ2n) is 5.85. The molecule has 0 aromatic heterocycles. The lowest BCUT2D eigenvalue weighted by Gasteiger charge is -2.44. The molecule has 18 heavy (non-hydrogen) atoms. The summed E-state index contributed by atoms with van der Waals surface area (Å²) in [6, 6.07) is 0. The predicted molar refractivity (Wildman–Crippen MR) is 75.1 cm³/mol. The van der Waals surface area contributed by atoms with Gasteiger partial charge in [-0.1, -0.05) is 0 Å². The van der Waals surface area contributed by atoms with E-state index in [9.17, 15) is 5.11 Å². The molecule has 0 saturated carbocycles. The first-order valence-electron chi connectivity index (χ1n) is 7.13. The second-order valence-corrected chi connectivity index (χ2v) is 7.07. The summed E-state index contributed by atoms with van der Waals surface area (Å²) >= 11 is 2.02. The molecule has 2 atom stereocenters. The first kappa shape index (κ1) is 14.6. The lowest BCUT2D eigenvalue weighted by Crippen LogP contribution is -2.46. The van der Waals surface area contributed by atoms with E-state index in [1.807, 2.05) is 25.6 Å². The maximum Gasteiger partial charge on any atom is 0.0803 e. The van der Waals surface area contributed by atoms with Gasteiger partial charge in [0, 0.05) is 6.61 Å². The Bertz CT molecular complexity index is 246. The van der Waals surface area contributed by atoms with Gasteiger partial charge in [0.05, 0.1) is 24.4 Å². The summed E-state index contributed by atoms with van der Waals surface area (Å²) in [4.78, 5) is 0. The Kier molecular flexibility index (Phi) is 5.36. The van der Waals surface area contributed by atoms with Gasteiger partial charge in [-0.2, -0.15) is 11.8 Å². The van der Waals surface area contributed by atoms with Crippen molar-refractivity contribution in [2.45, 2.75) is 57.3 Å². The minimum Gasteiger partial charge on any atom is -0.390 e. The van der Waals surface area contributed by atoms with Crippen molar-refractivity contribution in [3.63, 3.8) is 0 Å². The molecule has 1 N–H and O–H groups in total. The molecule has 2 heterocycles. The SMILES string of the molecule is CC(C)OCC(O)C1CCOC2(CCSCC2)C1. The zero-order chi connectivity index (χ0) is 13.0. The summed E-state index contributed by atoms with van der Waals surface area (Å²) < 4.78 is 11.6. The fourth-order valence-electron chi connectivity index (χ4n) is 2.91. The summed E-state index contributed by atoms with van der Waals surface area (Å²) in [5, 5.41) is 10.3. The van der Waals surface area contributed by atoms with Crippen molar-refractivity contribution in [1.29, 1.82) is 0 Å². The van der Waals surface area contributed by atoms with E-state index in [1.165, 1.54) is 11.5 Å². The fourth-order valence-corrected chi connectivity index (χ4v) is 4.15. The van der Waals surface area contributed by atoms with Crippen LogP contribution >= 0.6 is 11.8 Å². The Hall–Kier alpha value is 0.230. The average molecular weight is 274 g/mol. The number of aliphatic hydroxyl groups excluding tert-OH is 1. The summed E-state index contributed by atoms with van der Waals surface area (Å²) in [6.07, 6.45) is 4.13. The maximum atomic E-state index is 10.3. The Morgan fingerprint density at radius 3 is 2.78 bits per heavy atom. The van der Waals surface area contributed by atoms with Gasteiger partial charge in [0.2, 0.25) is 0 Å². The minimum absolute atomic E-state index is 0.0625. The van der Waals surface area contributed by atoms with Crippen LogP contribution in [0.25, 0.3) is 0 Å². The molecule has 0 bridgehead atoms. The molecule has 0 aromatic carbocycles. The molecular weight excluding hydrogens is 248 g/mol. The van der Waals surface area contributed by atoms with Crippen LogP contribution in [0.4, 0.5) is 0 Å². The molecule has 2 fully saturated rings. The standard InChI is InChI=1S/C14H26O3S/c1-11(2)16-10-13(15)12-3-6-17-14(9-12)4-7-18-8-5-14/h11-13,15H,3-10H2,1-2H3. The van der Waals surface area contributed by atoms with E-state index < -0.39 is 0 Å². The van der Waals surface area contributed by atoms with Gasteiger partial charge >= 0.3 is 0 Å². The highest BCUT2D eigenvalue weighted by molar-refractivity contribution is 7.99. The fraction of sp³-hybridized carbons (Fsp3) is 1.00. The molecule has 0 radical (unpaired) electrons. The third kappa shape index (κ3) is 3.86. The highest BCUT2D eigenvalue weighted by Gasteiger charge is 2.40. The van der Waals surface area contributed by atoms with Crippen LogP contribution in [0, 0.1) is 5.92 Å². The van der Waals surface area contributed by atoms with Gasteiger partial charge in [-0.15, -0.1) is 0 Å². The molecule has 1 spiro atoms. The number of ether oxygens (including phenoxy) is 2. The van der Waals surface area contributed by atoms with Crippen molar-refractivity contribution in [3.8, 4) is 0 Å². The zero-order valence-corrected chi connectivity index (χ0v) is 12.4.